The third-order valence-corrected chi connectivity index (χ3v) is 4.04. The van der Waals surface area contributed by atoms with Gasteiger partial charge in [0, 0.05) is 21.2 Å². The van der Waals surface area contributed by atoms with E-state index < -0.39 is 0 Å². The van der Waals surface area contributed by atoms with Gasteiger partial charge in [0.2, 0.25) is 0 Å². The first kappa shape index (κ1) is 14.3. The lowest BCUT2D eigenvalue weighted by Crippen LogP contribution is -2.30. The summed E-state index contributed by atoms with van der Waals surface area (Å²) in [5.74, 6) is 5.81. The highest BCUT2D eigenvalue weighted by atomic mass is 35.5. The van der Waals surface area contributed by atoms with Gasteiger partial charge >= 0.3 is 0 Å². The molecular weight excluding hydrogens is 283 g/mol. The van der Waals surface area contributed by atoms with Gasteiger partial charge in [-0.3, -0.25) is 11.3 Å². The van der Waals surface area contributed by atoms with Crippen LogP contribution < -0.4 is 11.3 Å². The summed E-state index contributed by atoms with van der Waals surface area (Å²) in [7, 11) is 0. The van der Waals surface area contributed by atoms with Crippen molar-refractivity contribution in [3.63, 3.8) is 0 Å². The number of hydrazine groups is 1. The number of hydrogen-bond acceptors (Lipinski definition) is 3. The Kier molecular flexibility index (Phi) is 5.22. The third-order valence-electron chi connectivity index (χ3n) is 2.70. The summed E-state index contributed by atoms with van der Waals surface area (Å²) in [6.45, 7) is 0. The summed E-state index contributed by atoms with van der Waals surface area (Å²) in [6.07, 6.45) is 0. The number of hydrogen-bond donors (Lipinski definition) is 2. The van der Waals surface area contributed by atoms with E-state index in [1.54, 1.807) is 23.9 Å². The molecule has 0 radical (unpaired) electrons. The highest BCUT2D eigenvalue weighted by molar-refractivity contribution is 7.99. The lowest BCUT2D eigenvalue weighted by Gasteiger charge is -2.16. The van der Waals surface area contributed by atoms with Crippen molar-refractivity contribution in [3.05, 3.63) is 64.9 Å². The van der Waals surface area contributed by atoms with Gasteiger partial charge in [-0.15, -0.1) is 11.8 Å². The van der Waals surface area contributed by atoms with E-state index in [4.69, 9.17) is 17.4 Å². The normalized spacial score (nSPS) is 12.4. The van der Waals surface area contributed by atoms with Crippen LogP contribution in [0, 0.1) is 5.82 Å². The van der Waals surface area contributed by atoms with Crippen molar-refractivity contribution >= 4 is 23.4 Å². The largest absolute Gasteiger partial charge is 0.271 e. The number of nitrogens with one attached hydrogen (secondary N) is 1. The number of thioether (sulfide) groups is 1. The molecular formula is C14H14ClFN2S. The number of rotatable bonds is 5. The SMILES string of the molecule is NNC(CSc1ccccc1)c1ccc(Cl)cc1F. The van der Waals surface area contributed by atoms with E-state index in [0.29, 0.717) is 16.3 Å². The second-order valence-electron chi connectivity index (χ2n) is 4.01. The molecule has 0 aliphatic rings. The minimum atomic E-state index is -0.343. The Morgan fingerprint density at radius 3 is 2.58 bits per heavy atom. The van der Waals surface area contributed by atoms with Crippen molar-refractivity contribution in [3.8, 4) is 0 Å². The molecule has 0 aliphatic carbocycles. The fourth-order valence-corrected chi connectivity index (χ4v) is 2.85. The summed E-state index contributed by atoms with van der Waals surface area (Å²) in [5.41, 5.74) is 3.17. The van der Waals surface area contributed by atoms with Crippen LogP contribution in [0.5, 0.6) is 0 Å². The van der Waals surface area contributed by atoms with E-state index in [9.17, 15) is 4.39 Å². The Labute approximate surface area is 121 Å². The van der Waals surface area contributed by atoms with Crippen LogP contribution in [0.2, 0.25) is 5.02 Å². The fraction of sp³-hybridized carbons (Fsp3) is 0.143. The Hall–Kier alpha value is -1.07. The van der Waals surface area contributed by atoms with Gasteiger partial charge in [-0.2, -0.15) is 0 Å². The average molecular weight is 297 g/mol. The molecule has 0 fully saturated rings. The van der Waals surface area contributed by atoms with Crippen LogP contribution in [0.1, 0.15) is 11.6 Å². The van der Waals surface area contributed by atoms with E-state index in [1.165, 1.54) is 6.07 Å². The van der Waals surface area contributed by atoms with E-state index in [1.807, 2.05) is 30.3 Å². The van der Waals surface area contributed by atoms with Crippen LogP contribution in [0.4, 0.5) is 4.39 Å². The van der Waals surface area contributed by atoms with Crippen molar-refractivity contribution in [2.24, 2.45) is 5.84 Å². The van der Waals surface area contributed by atoms with Gasteiger partial charge in [0.05, 0.1) is 6.04 Å². The van der Waals surface area contributed by atoms with Crippen molar-refractivity contribution < 1.29 is 4.39 Å². The zero-order valence-corrected chi connectivity index (χ0v) is 11.7. The highest BCUT2D eigenvalue weighted by Crippen LogP contribution is 2.26. The third kappa shape index (κ3) is 3.94. The van der Waals surface area contributed by atoms with Crippen LogP contribution in [0.3, 0.4) is 0 Å². The van der Waals surface area contributed by atoms with E-state index in [2.05, 4.69) is 5.43 Å². The predicted octanol–water partition coefficient (Wildman–Crippen LogP) is 3.78. The highest BCUT2D eigenvalue weighted by Gasteiger charge is 2.15. The maximum atomic E-state index is 13.8. The molecule has 2 aromatic rings. The molecule has 1 atom stereocenters. The minimum Gasteiger partial charge on any atom is -0.271 e. The molecule has 0 aliphatic heterocycles. The molecule has 0 saturated heterocycles. The average Bonchev–Trinajstić information content (AvgIpc) is 2.42. The molecule has 0 aromatic heterocycles. The van der Waals surface area contributed by atoms with Crippen molar-refractivity contribution in [2.75, 3.05) is 5.75 Å². The van der Waals surface area contributed by atoms with Crippen molar-refractivity contribution in [1.29, 1.82) is 0 Å². The number of halogens is 2. The molecule has 0 heterocycles. The van der Waals surface area contributed by atoms with Crippen molar-refractivity contribution in [1.82, 2.24) is 5.43 Å². The quantitative estimate of drug-likeness (QED) is 0.501. The molecule has 0 spiro atoms. The Balaban J connectivity index is 2.08. The van der Waals surface area contributed by atoms with Crippen LogP contribution in [0.25, 0.3) is 0 Å². The molecule has 0 amide bonds. The van der Waals surface area contributed by atoms with Crippen LogP contribution in [-0.4, -0.2) is 5.75 Å². The molecule has 0 saturated carbocycles. The number of nitrogens with two attached hydrogens (primary N) is 1. The maximum absolute atomic E-state index is 13.8. The van der Waals surface area contributed by atoms with Gasteiger partial charge in [-0.25, -0.2) is 4.39 Å². The summed E-state index contributed by atoms with van der Waals surface area (Å²) in [5, 5.41) is 0.382. The minimum absolute atomic E-state index is 0.262. The van der Waals surface area contributed by atoms with Crippen LogP contribution >= 0.6 is 23.4 Å². The molecule has 100 valence electrons. The zero-order chi connectivity index (χ0) is 13.7. The first-order chi connectivity index (χ1) is 9.20. The smallest absolute Gasteiger partial charge is 0.129 e. The molecule has 2 nitrogen and oxygen atoms in total. The lowest BCUT2D eigenvalue weighted by atomic mass is 10.1. The molecule has 2 rings (SSSR count). The van der Waals surface area contributed by atoms with Gasteiger partial charge in [0.15, 0.2) is 0 Å². The first-order valence-corrected chi connectivity index (χ1v) is 7.16. The standard InChI is InChI=1S/C14H14ClFN2S/c15-10-6-7-12(13(16)8-10)14(18-17)9-19-11-4-2-1-3-5-11/h1-8,14,18H,9,17H2. The van der Waals surface area contributed by atoms with Gasteiger partial charge < -0.3 is 0 Å². The van der Waals surface area contributed by atoms with Crippen LogP contribution in [0.15, 0.2) is 53.4 Å². The monoisotopic (exact) mass is 296 g/mol. The van der Waals surface area contributed by atoms with Crippen LogP contribution in [-0.2, 0) is 0 Å². The van der Waals surface area contributed by atoms with E-state index in [-0.39, 0.29) is 11.9 Å². The van der Waals surface area contributed by atoms with Gasteiger partial charge in [0.25, 0.3) is 0 Å². The molecule has 3 N–H and O–H groups in total. The molecule has 2 aromatic carbocycles. The van der Waals surface area contributed by atoms with E-state index in [0.717, 1.165) is 4.90 Å². The Morgan fingerprint density at radius 2 is 1.95 bits per heavy atom. The molecule has 19 heavy (non-hydrogen) atoms. The summed E-state index contributed by atoms with van der Waals surface area (Å²) >= 11 is 7.36. The second kappa shape index (κ2) is 6.91. The summed E-state index contributed by atoms with van der Waals surface area (Å²) < 4.78 is 13.8. The predicted molar refractivity (Wildman–Crippen MR) is 78.6 cm³/mol. The second-order valence-corrected chi connectivity index (χ2v) is 5.54. The Bertz CT molecular complexity index is 536. The molecule has 0 bridgehead atoms. The topological polar surface area (TPSA) is 38.0 Å². The lowest BCUT2D eigenvalue weighted by molar-refractivity contribution is 0.546. The maximum Gasteiger partial charge on any atom is 0.129 e. The first-order valence-electron chi connectivity index (χ1n) is 5.79. The fourth-order valence-electron chi connectivity index (χ4n) is 1.71. The summed E-state index contributed by atoms with van der Waals surface area (Å²) in [4.78, 5) is 1.12. The Morgan fingerprint density at radius 1 is 1.21 bits per heavy atom. The zero-order valence-electron chi connectivity index (χ0n) is 10.1. The van der Waals surface area contributed by atoms with Crippen molar-refractivity contribution in [2.45, 2.75) is 10.9 Å². The molecule has 5 heteroatoms. The van der Waals surface area contributed by atoms with Gasteiger partial charge in [-0.05, 0) is 24.3 Å². The summed E-state index contributed by atoms with van der Waals surface area (Å²) in [6, 6.07) is 14.3. The van der Waals surface area contributed by atoms with E-state index >= 15 is 0 Å². The molecule has 1 unspecified atom stereocenters. The van der Waals surface area contributed by atoms with Gasteiger partial charge in [-0.1, -0.05) is 35.9 Å². The number of benzene rings is 2. The van der Waals surface area contributed by atoms with Gasteiger partial charge in [0.1, 0.15) is 5.82 Å².